The van der Waals surface area contributed by atoms with E-state index < -0.39 is 5.97 Å². The van der Waals surface area contributed by atoms with E-state index in [9.17, 15) is 4.79 Å². The number of carboxylic acids is 1. The van der Waals surface area contributed by atoms with E-state index in [1.807, 2.05) is 6.92 Å². The topological polar surface area (TPSA) is 40.5 Å². The van der Waals surface area contributed by atoms with E-state index in [2.05, 4.69) is 25.7 Å². The van der Waals surface area contributed by atoms with Crippen LogP contribution in [0.3, 0.4) is 0 Å². The summed E-state index contributed by atoms with van der Waals surface area (Å²) in [6.45, 7) is 10.9. The highest BCUT2D eigenvalue weighted by Crippen LogP contribution is 2.40. The molecule has 0 bridgehead atoms. The first kappa shape index (κ1) is 14.8. The standard InChI is InChI=1S/C16H29NO2/c1-10(2)14-6-5-11(3)7-15(14)17-8-13(9-17)12(4)16(18)19/h10-15H,5-9H2,1-4H3,(H,18,19). The lowest BCUT2D eigenvalue weighted by Crippen LogP contribution is -2.58. The van der Waals surface area contributed by atoms with Crippen molar-refractivity contribution in [3.05, 3.63) is 0 Å². The van der Waals surface area contributed by atoms with Gasteiger partial charge in [-0.2, -0.15) is 0 Å². The van der Waals surface area contributed by atoms with Gasteiger partial charge in [0.15, 0.2) is 0 Å². The molecule has 1 saturated carbocycles. The summed E-state index contributed by atoms with van der Waals surface area (Å²) in [4.78, 5) is 13.6. The van der Waals surface area contributed by atoms with E-state index in [1.165, 1.54) is 19.3 Å². The molecule has 19 heavy (non-hydrogen) atoms. The molecule has 0 amide bonds. The van der Waals surface area contributed by atoms with Crippen LogP contribution in [0.4, 0.5) is 0 Å². The fourth-order valence-corrected chi connectivity index (χ4v) is 3.91. The van der Waals surface area contributed by atoms with Crippen molar-refractivity contribution in [3.8, 4) is 0 Å². The summed E-state index contributed by atoms with van der Waals surface area (Å²) in [5.74, 6) is 1.92. The summed E-state index contributed by atoms with van der Waals surface area (Å²) >= 11 is 0. The van der Waals surface area contributed by atoms with Crippen LogP contribution in [0, 0.1) is 29.6 Å². The van der Waals surface area contributed by atoms with Crippen LogP contribution >= 0.6 is 0 Å². The Labute approximate surface area is 117 Å². The molecule has 1 heterocycles. The number of nitrogens with zero attached hydrogens (tertiary/aromatic N) is 1. The molecule has 1 N–H and O–H groups in total. The summed E-state index contributed by atoms with van der Waals surface area (Å²) in [5, 5.41) is 9.08. The summed E-state index contributed by atoms with van der Waals surface area (Å²) in [7, 11) is 0. The number of carbonyl (C=O) groups is 1. The first-order chi connectivity index (χ1) is 8.90. The van der Waals surface area contributed by atoms with Crippen LogP contribution in [0.15, 0.2) is 0 Å². The van der Waals surface area contributed by atoms with Crippen LogP contribution in [0.5, 0.6) is 0 Å². The molecule has 0 radical (unpaired) electrons. The maximum Gasteiger partial charge on any atom is 0.306 e. The summed E-state index contributed by atoms with van der Waals surface area (Å²) in [5.41, 5.74) is 0. The molecule has 0 aromatic rings. The number of likely N-dealkylation sites (tertiary alicyclic amines) is 1. The first-order valence-corrected chi connectivity index (χ1v) is 7.87. The second kappa shape index (κ2) is 5.82. The van der Waals surface area contributed by atoms with Gasteiger partial charge < -0.3 is 5.11 Å². The minimum atomic E-state index is -0.637. The summed E-state index contributed by atoms with van der Waals surface area (Å²) in [6, 6.07) is 0.695. The lowest BCUT2D eigenvalue weighted by molar-refractivity contribution is -0.146. The minimum absolute atomic E-state index is 0.185. The molecule has 2 aliphatic rings. The lowest BCUT2D eigenvalue weighted by Gasteiger charge is -2.51. The van der Waals surface area contributed by atoms with E-state index in [0.29, 0.717) is 12.0 Å². The van der Waals surface area contributed by atoms with E-state index in [4.69, 9.17) is 5.11 Å². The zero-order chi connectivity index (χ0) is 14.2. The fraction of sp³-hybridized carbons (Fsp3) is 0.938. The second-order valence-corrected chi connectivity index (χ2v) is 7.23. The van der Waals surface area contributed by atoms with E-state index in [-0.39, 0.29) is 5.92 Å². The molecular weight excluding hydrogens is 238 g/mol. The van der Waals surface area contributed by atoms with Crippen molar-refractivity contribution >= 4 is 5.97 Å². The van der Waals surface area contributed by atoms with Gasteiger partial charge >= 0.3 is 5.97 Å². The van der Waals surface area contributed by atoms with E-state index >= 15 is 0 Å². The molecule has 110 valence electrons. The van der Waals surface area contributed by atoms with Crippen molar-refractivity contribution in [1.82, 2.24) is 4.90 Å². The molecule has 1 saturated heterocycles. The number of carboxylic acid groups (broad SMARTS) is 1. The predicted molar refractivity (Wildman–Crippen MR) is 77.0 cm³/mol. The maximum absolute atomic E-state index is 11.0. The maximum atomic E-state index is 11.0. The molecule has 0 spiro atoms. The molecule has 0 aromatic carbocycles. The van der Waals surface area contributed by atoms with Crippen LogP contribution in [-0.4, -0.2) is 35.1 Å². The van der Waals surface area contributed by atoms with Gasteiger partial charge in [-0.05, 0) is 36.5 Å². The van der Waals surface area contributed by atoms with Gasteiger partial charge in [0.05, 0.1) is 5.92 Å². The van der Waals surface area contributed by atoms with Crippen molar-refractivity contribution in [1.29, 1.82) is 0 Å². The zero-order valence-corrected chi connectivity index (χ0v) is 12.8. The zero-order valence-electron chi connectivity index (χ0n) is 12.8. The molecular formula is C16H29NO2. The molecule has 2 fully saturated rings. The van der Waals surface area contributed by atoms with Crippen molar-refractivity contribution < 1.29 is 9.90 Å². The first-order valence-electron chi connectivity index (χ1n) is 7.87. The largest absolute Gasteiger partial charge is 0.481 e. The number of rotatable bonds is 4. The number of hydrogen-bond donors (Lipinski definition) is 1. The second-order valence-electron chi connectivity index (χ2n) is 7.23. The van der Waals surface area contributed by atoms with Gasteiger partial charge in [-0.1, -0.05) is 34.1 Å². The highest BCUT2D eigenvalue weighted by Gasteiger charge is 2.42. The number of hydrogen-bond acceptors (Lipinski definition) is 2. The average molecular weight is 267 g/mol. The predicted octanol–water partition coefficient (Wildman–Crippen LogP) is 3.10. The van der Waals surface area contributed by atoms with Crippen molar-refractivity contribution in [2.75, 3.05) is 13.1 Å². The average Bonchev–Trinajstić information content (AvgIpc) is 2.26. The van der Waals surface area contributed by atoms with Crippen LogP contribution in [0.1, 0.15) is 47.0 Å². The normalized spacial score (nSPS) is 35.1. The van der Waals surface area contributed by atoms with E-state index in [1.54, 1.807) is 0 Å². The Hall–Kier alpha value is -0.570. The van der Waals surface area contributed by atoms with Gasteiger partial charge in [-0.3, -0.25) is 9.69 Å². The van der Waals surface area contributed by atoms with Crippen molar-refractivity contribution in [3.63, 3.8) is 0 Å². The van der Waals surface area contributed by atoms with Crippen molar-refractivity contribution in [2.45, 2.75) is 53.0 Å². The monoisotopic (exact) mass is 267 g/mol. The SMILES string of the molecule is CC1CCC(C(C)C)C(N2CC(C(C)C(=O)O)C2)C1. The van der Waals surface area contributed by atoms with Gasteiger partial charge in [0.25, 0.3) is 0 Å². The number of aliphatic carboxylic acids is 1. The highest BCUT2D eigenvalue weighted by molar-refractivity contribution is 5.70. The van der Waals surface area contributed by atoms with E-state index in [0.717, 1.165) is 30.8 Å². The molecule has 2 rings (SSSR count). The highest BCUT2D eigenvalue weighted by atomic mass is 16.4. The molecule has 4 unspecified atom stereocenters. The summed E-state index contributed by atoms with van der Waals surface area (Å²) in [6.07, 6.45) is 4.01. The van der Waals surface area contributed by atoms with Gasteiger partial charge in [0, 0.05) is 19.1 Å². The third-order valence-electron chi connectivity index (χ3n) is 5.49. The minimum Gasteiger partial charge on any atom is -0.481 e. The van der Waals surface area contributed by atoms with Gasteiger partial charge in [-0.25, -0.2) is 0 Å². The molecule has 0 aromatic heterocycles. The van der Waals surface area contributed by atoms with Gasteiger partial charge in [-0.15, -0.1) is 0 Å². The molecule has 1 aliphatic carbocycles. The van der Waals surface area contributed by atoms with Crippen LogP contribution < -0.4 is 0 Å². The van der Waals surface area contributed by atoms with Gasteiger partial charge in [0.2, 0.25) is 0 Å². The Bertz CT molecular complexity index is 323. The van der Waals surface area contributed by atoms with Crippen LogP contribution in [-0.2, 0) is 4.79 Å². The lowest BCUT2D eigenvalue weighted by atomic mass is 9.71. The summed E-state index contributed by atoms with van der Waals surface area (Å²) < 4.78 is 0. The Morgan fingerprint density at radius 2 is 1.84 bits per heavy atom. The molecule has 3 nitrogen and oxygen atoms in total. The van der Waals surface area contributed by atoms with Crippen LogP contribution in [0.25, 0.3) is 0 Å². The Balaban J connectivity index is 1.92. The Morgan fingerprint density at radius 1 is 1.21 bits per heavy atom. The third kappa shape index (κ3) is 3.13. The quantitative estimate of drug-likeness (QED) is 0.851. The Morgan fingerprint density at radius 3 is 2.37 bits per heavy atom. The molecule has 3 heteroatoms. The fourth-order valence-electron chi connectivity index (χ4n) is 3.91. The smallest absolute Gasteiger partial charge is 0.306 e. The molecule has 4 atom stereocenters. The Kier molecular flexibility index (Phi) is 4.54. The van der Waals surface area contributed by atoms with Gasteiger partial charge in [0.1, 0.15) is 0 Å². The third-order valence-corrected chi connectivity index (χ3v) is 5.49. The van der Waals surface area contributed by atoms with Crippen molar-refractivity contribution in [2.24, 2.45) is 29.6 Å². The molecule has 1 aliphatic heterocycles. The van der Waals surface area contributed by atoms with Crippen LogP contribution in [0.2, 0.25) is 0 Å².